The van der Waals surface area contributed by atoms with E-state index in [0.29, 0.717) is 5.91 Å². The van der Waals surface area contributed by atoms with Gasteiger partial charge in [-0.15, -0.1) is 0 Å². The molecule has 2 fully saturated rings. The topological polar surface area (TPSA) is 41.6 Å². The zero-order chi connectivity index (χ0) is 15.7. The second-order valence-corrected chi connectivity index (χ2v) is 6.78. The van der Waals surface area contributed by atoms with Crippen molar-refractivity contribution in [3.8, 4) is 5.75 Å². The van der Waals surface area contributed by atoms with E-state index in [1.807, 2.05) is 23.1 Å². The van der Waals surface area contributed by atoms with E-state index in [2.05, 4.69) is 25.2 Å². The van der Waals surface area contributed by atoms with Crippen LogP contribution < -0.4 is 10.1 Å². The molecule has 0 aromatic heterocycles. The van der Waals surface area contributed by atoms with Gasteiger partial charge in [0, 0.05) is 30.6 Å². The lowest BCUT2D eigenvalue weighted by Gasteiger charge is -2.37. The molecule has 1 spiro atoms. The quantitative estimate of drug-likeness (QED) is 0.932. The third-order valence-electron chi connectivity index (χ3n) is 5.29. The van der Waals surface area contributed by atoms with Crippen molar-refractivity contribution < 1.29 is 9.53 Å². The van der Waals surface area contributed by atoms with Crippen LogP contribution in [0.1, 0.15) is 38.2 Å². The van der Waals surface area contributed by atoms with E-state index < -0.39 is 0 Å². The molecule has 1 aromatic rings. The first-order chi connectivity index (χ1) is 10.6. The Labute approximate surface area is 132 Å². The minimum atomic E-state index is -0.308. The minimum absolute atomic E-state index is 0.200. The Kier molecular flexibility index (Phi) is 4.13. The number of rotatable bonds is 3. The molecule has 0 radical (unpaired) electrons. The molecular weight excluding hydrogens is 276 g/mol. The molecule has 0 aliphatic carbocycles. The number of methoxy groups -OCH3 is 1. The molecule has 2 aliphatic rings. The number of hydrogen-bond acceptors (Lipinski definition) is 3. The third kappa shape index (κ3) is 2.30. The second kappa shape index (κ2) is 5.92. The highest BCUT2D eigenvalue weighted by Crippen LogP contribution is 2.50. The highest BCUT2D eigenvalue weighted by molar-refractivity contribution is 5.87. The maximum Gasteiger partial charge on any atom is 0.231 e. The van der Waals surface area contributed by atoms with Crippen LogP contribution in [0.5, 0.6) is 5.75 Å². The smallest absolute Gasteiger partial charge is 0.231 e. The lowest BCUT2D eigenvalue weighted by atomic mass is 9.69. The van der Waals surface area contributed by atoms with E-state index in [0.717, 1.165) is 38.2 Å². The summed E-state index contributed by atoms with van der Waals surface area (Å²) in [6.45, 7) is 6.78. The van der Waals surface area contributed by atoms with Crippen LogP contribution in [0, 0.1) is 5.41 Å². The molecule has 22 heavy (non-hydrogen) atoms. The fourth-order valence-electron chi connectivity index (χ4n) is 4.09. The number of benzene rings is 1. The lowest BCUT2D eigenvalue weighted by Crippen LogP contribution is -2.48. The second-order valence-electron chi connectivity index (χ2n) is 6.78. The number of nitrogens with one attached hydrogen (secondary N) is 1. The summed E-state index contributed by atoms with van der Waals surface area (Å²) >= 11 is 0. The molecular formula is C18H26N2O2. The van der Waals surface area contributed by atoms with Crippen LogP contribution in [-0.4, -0.2) is 43.6 Å². The summed E-state index contributed by atoms with van der Waals surface area (Å²) in [7, 11) is 1.71. The Morgan fingerprint density at radius 1 is 1.36 bits per heavy atom. The van der Waals surface area contributed by atoms with Gasteiger partial charge in [-0.25, -0.2) is 0 Å². The molecule has 2 heterocycles. The molecule has 4 heteroatoms. The van der Waals surface area contributed by atoms with E-state index in [1.165, 1.54) is 5.56 Å². The summed E-state index contributed by atoms with van der Waals surface area (Å²) in [5.41, 5.74) is 0.863. The lowest BCUT2D eigenvalue weighted by molar-refractivity contribution is -0.138. The van der Waals surface area contributed by atoms with E-state index in [9.17, 15) is 4.79 Å². The molecule has 120 valence electrons. The van der Waals surface area contributed by atoms with Gasteiger partial charge in [0.15, 0.2) is 0 Å². The van der Waals surface area contributed by atoms with Crippen LogP contribution in [0.2, 0.25) is 0 Å². The van der Waals surface area contributed by atoms with Crippen LogP contribution in [0.25, 0.3) is 0 Å². The number of piperidine rings is 1. The maximum absolute atomic E-state index is 13.2. The fourth-order valence-corrected chi connectivity index (χ4v) is 4.09. The number of amides is 1. The van der Waals surface area contributed by atoms with Crippen molar-refractivity contribution in [2.75, 3.05) is 26.7 Å². The van der Waals surface area contributed by atoms with E-state index in [-0.39, 0.29) is 17.4 Å². The average molecular weight is 302 g/mol. The van der Waals surface area contributed by atoms with Crippen molar-refractivity contribution in [2.24, 2.45) is 5.41 Å². The summed E-state index contributed by atoms with van der Waals surface area (Å²) in [5.74, 6) is 1.41. The highest BCUT2D eigenvalue weighted by atomic mass is 16.5. The molecule has 2 saturated heterocycles. The van der Waals surface area contributed by atoms with Gasteiger partial charge < -0.3 is 15.0 Å². The summed E-state index contributed by atoms with van der Waals surface area (Å²) < 4.78 is 5.57. The zero-order valence-electron chi connectivity index (χ0n) is 13.8. The summed E-state index contributed by atoms with van der Waals surface area (Å²) in [5, 5.41) is 3.46. The summed E-state index contributed by atoms with van der Waals surface area (Å²) in [4.78, 5) is 15.2. The number of nitrogens with zero attached hydrogens (tertiary/aromatic N) is 1. The van der Waals surface area contributed by atoms with Crippen molar-refractivity contribution >= 4 is 5.91 Å². The van der Waals surface area contributed by atoms with Crippen molar-refractivity contribution in [3.63, 3.8) is 0 Å². The van der Waals surface area contributed by atoms with Crippen LogP contribution in [-0.2, 0) is 4.79 Å². The van der Waals surface area contributed by atoms with Gasteiger partial charge in [-0.3, -0.25) is 4.79 Å². The first-order valence-corrected chi connectivity index (χ1v) is 8.25. The Balaban J connectivity index is 2.05. The molecule has 4 nitrogen and oxygen atoms in total. The first kappa shape index (κ1) is 15.3. The van der Waals surface area contributed by atoms with Crippen molar-refractivity contribution in [2.45, 2.75) is 38.6 Å². The number of hydrogen-bond donors (Lipinski definition) is 1. The van der Waals surface area contributed by atoms with E-state index >= 15 is 0 Å². The molecule has 1 N–H and O–H groups in total. The Morgan fingerprint density at radius 3 is 2.77 bits per heavy atom. The third-order valence-corrected chi connectivity index (χ3v) is 5.29. The van der Waals surface area contributed by atoms with Crippen LogP contribution in [0.3, 0.4) is 0 Å². The summed E-state index contributed by atoms with van der Waals surface area (Å²) in [6.07, 6.45) is 2.02. The fraction of sp³-hybridized carbons (Fsp3) is 0.611. The predicted octanol–water partition coefficient (Wildman–Crippen LogP) is 2.40. The number of likely N-dealkylation sites (tertiary alicyclic amines) is 1. The Morgan fingerprint density at radius 2 is 2.14 bits per heavy atom. The van der Waals surface area contributed by atoms with E-state index in [1.54, 1.807) is 7.11 Å². The molecule has 2 aliphatic heterocycles. The monoisotopic (exact) mass is 302 g/mol. The number of carbonyl (C=O) groups is 1. The van der Waals surface area contributed by atoms with Gasteiger partial charge in [-0.2, -0.15) is 0 Å². The normalized spacial score (nSPS) is 28.6. The largest absolute Gasteiger partial charge is 0.496 e. The Bertz CT molecular complexity index is 550. The van der Waals surface area contributed by atoms with Crippen molar-refractivity contribution in [1.29, 1.82) is 0 Å². The summed E-state index contributed by atoms with van der Waals surface area (Å²) in [6, 6.07) is 8.40. The van der Waals surface area contributed by atoms with Crippen LogP contribution >= 0.6 is 0 Å². The van der Waals surface area contributed by atoms with Gasteiger partial charge in [0.2, 0.25) is 5.91 Å². The molecule has 0 bridgehead atoms. The average Bonchev–Trinajstić information content (AvgIpc) is 2.81. The minimum Gasteiger partial charge on any atom is -0.496 e. The predicted molar refractivity (Wildman–Crippen MR) is 87.1 cm³/mol. The highest BCUT2D eigenvalue weighted by Gasteiger charge is 2.55. The maximum atomic E-state index is 13.2. The van der Waals surface area contributed by atoms with Gasteiger partial charge in [0.1, 0.15) is 5.75 Å². The van der Waals surface area contributed by atoms with Gasteiger partial charge in [0.25, 0.3) is 0 Å². The Hall–Kier alpha value is -1.55. The zero-order valence-corrected chi connectivity index (χ0v) is 13.8. The first-order valence-electron chi connectivity index (χ1n) is 8.25. The number of carbonyl (C=O) groups excluding carboxylic acids is 1. The van der Waals surface area contributed by atoms with Crippen molar-refractivity contribution in [3.05, 3.63) is 29.8 Å². The standard InChI is InChI=1S/C18H26N2O2/c1-13(2)20-11-15(14-7-4-5-8-16(14)22-3)18(17(20)21)9-6-10-19-12-18/h4-5,7-8,13,15,19H,6,9-12H2,1-3H3/t15-,18-/m0/s1. The van der Waals surface area contributed by atoms with Crippen LogP contribution in [0.15, 0.2) is 24.3 Å². The molecule has 1 aromatic carbocycles. The number of ether oxygens (including phenoxy) is 1. The molecule has 3 rings (SSSR count). The molecule has 0 unspecified atom stereocenters. The molecule has 1 amide bonds. The molecule has 2 atom stereocenters. The van der Waals surface area contributed by atoms with Gasteiger partial charge in [-0.05, 0) is 39.3 Å². The van der Waals surface area contributed by atoms with Gasteiger partial charge in [-0.1, -0.05) is 18.2 Å². The molecule has 0 saturated carbocycles. The SMILES string of the molecule is COc1ccccc1[C@@H]1CN(C(C)C)C(=O)[C@]12CCCNC2. The van der Waals surface area contributed by atoms with Crippen molar-refractivity contribution in [1.82, 2.24) is 10.2 Å². The van der Waals surface area contributed by atoms with Gasteiger partial charge in [0.05, 0.1) is 12.5 Å². The van der Waals surface area contributed by atoms with Crippen LogP contribution in [0.4, 0.5) is 0 Å². The van der Waals surface area contributed by atoms with E-state index in [4.69, 9.17) is 4.74 Å². The van der Waals surface area contributed by atoms with Gasteiger partial charge >= 0.3 is 0 Å². The number of para-hydroxylation sites is 1.